The molecule has 0 spiro atoms. The summed E-state index contributed by atoms with van der Waals surface area (Å²) in [7, 11) is 0. The van der Waals surface area contributed by atoms with Gasteiger partial charge in [-0.25, -0.2) is 9.78 Å². The minimum Gasteiger partial charge on any atom is -0.476 e. The molecule has 22 heavy (non-hydrogen) atoms. The molecule has 0 saturated carbocycles. The van der Waals surface area contributed by atoms with Crippen LogP contribution >= 0.6 is 23.2 Å². The van der Waals surface area contributed by atoms with Gasteiger partial charge >= 0.3 is 12.1 Å². The SMILES string of the molecule is Nc1c(Cl)c(C(=O)O)nc(-c2ccc(C(F)(F)F)cc2)c1Cl. The Morgan fingerprint density at radius 1 is 1.14 bits per heavy atom. The van der Waals surface area contributed by atoms with Crippen LogP contribution in [0.4, 0.5) is 18.9 Å². The lowest BCUT2D eigenvalue weighted by molar-refractivity contribution is -0.137. The summed E-state index contributed by atoms with van der Waals surface area (Å²) in [5, 5.41) is 8.55. The third-order valence-corrected chi connectivity index (χ3v) is 3.57. The van der Waals surface area contributed by atoms with Gasteiger partial charge in [-0.15, -0.1) is 0 Å². The minimum absolute atomic E-state index is 0.0605. The van der Waals surface area contributed by atoms with Crippen LogP contribution in [0.25, 0.3) is 11.3 Å². The van der Waals surface area contributed by atoms with E-state index in [1.165, 1.54) is 0 Å². The summed E-state index contributed by atoms with van der Waals surface area (Å²) in [6, 6.07) is 3.91. The first-order valence-electron chi connectivity index (χ1n) is 5.68. The maximum Gasteiger partial charge on any atom is 0.416 e. The lowest BCUT2D eigenvalue weighted by Gasteiger charge is -2.11. The number of hydrogen-bond donors (Lipinski definition) is 2. The fourth-order valence-corrected chi connectivity index (χ4v) is 2.22. The van der Waals surface area contributed by atoms with E-state index >= 15 is 0 Å². The molecule has 0 bridgehead atoms. The van der Waals surface area contributed by atoms with Gasteiger partial charge in [0, 0.05) is 5.56 Å². The van der Waals surface area contributed by atoms with E-state index in [0.29, 0.717) is 0 Å². The molecule has 1 aromatic heterocycles. The molecule has 0 atom stereocenters. The second-order valence-electron chi connectivity index (χ2n) is 4.23. The van der Waals surface area contributed by atoms with Gasteiger partial charge in [0.2, 0.25) is 0 Å². The van der Waals surface area contributed by atoms with Crippen molar-refractivity contribution in [1.82, 2.24) is 4.98 Å². The number of aromatic carboxylic acids is 1. The molecule has 0 amide bonds. The Morgan fingerprint density at radius 3 is 2.14 bits per heavy atom. The van der Waals surface area contributed by atoms with E-state index in [-0.39, 0.29) is 27.0 Å². The van der Waals surface area contributed by atoms with E-state index in [1.807, 2.05) is 0 Å². The third-order valence-electron chi connectivity index (χ3n) is 2.80. The maximum absolute atomic E-state index is 12.5. The van der Waals surface area contributed by atoms with Gasteiger partial charge < -0.3 is 10.8 Å². The number of rotatable bonds is 2. The summed E-state index contributed by atoms with van der Waals surface area (Å²) in [4.78, 5) is 14.8. The zero-order chi connectivity index (χ0) is 16.7. The Balaban J connectivity index is 2.60. The van der Waals surface area contributed by atoms with Crippen LogP contribution < -0.4 is 5.73 Å². The first kappa shape index (κ1) is 16.4. The second-order valence-corrected chi connectivity index (χ2v) is 4.99. The maximum atomic E-state index is 12.5. The van der Waals surface area contributed by atoms with E-state index in [4.69, 9.17) is 34.0 Å². The quantitative estimate of drug-likeness (QED) is 0.843. The van der Waals surface area contributed by atoms with Crippen LogP contribution in [0.1, 0.15) is 16.1 Å². The van der Waals surface area contributed by atoms with Gasteiger partial charge in [0.15, 0.2) is 5.69 Å². The smallest absolute Gasteiger partial charge is 0.416 e. The molecule has 0 aliphatic carbocycles. The largest absolute Gasteiger partial charge is 0.476 e. The van der Waals surface area contributed by atoms with Crippen molar-refractivity contribution in [3.63, 3.8) is 0 Å². The van der Waals surface area contributed by atoms with Crippen molar-refractivity contribution in [3.05, 3.63) is 45.6 Å². The van der Waals surface area contributed by atoms with Crippen LogP contribution in [0.2, 0.25) is 10.0 Å². The lowest BCUT2D eigenvalue weighted by atomic mass is 10.1. The number of carboxylic acid groups (broad SMARTS) is 1. The van der Waals surface area contributed by atoms with Gasteiger partial charge in [0.05, 0.1) is 27.0 Å². The Morgan fingerprint density at radius 2 is 1.68 bits per heavy atom. The Labute approximate surface area is 132 Å². The first-order chi connectivity index (χ1) is 10.1. The highest BCUT2D eigenvalue weighted by Gasteiger charge is 2.30. The molecule has 0 aliphatic rings. The van der Waals surface area contributed by atoms with Crippen molar-refractivity contribution in [3.8, 4) is 11.3 Å². The number of pyridine rings is 1. The summed E-state index contributed by atoms with van der Waals surface area (Å²) < 4.78 is 37.6. The number of carbonyl (C=O) groups is 1. The molecule has 0 radical (unpaired) electrons. The van der Waals surface area contributed by atoms with Gasteiger partial charge in [-0.3, -0.25) is 0 Å². The molecule has 116 valence electrons. The molecule has 2 aromatic rings. The first-order valence-corrected chi connectivity index (χ1v) is 6.44. The van der Waals surface area contributed by atoms with Gasteiger partial charge in [-0.2, -0.15) is 13.2 Å². The average molecular weight is 351 g/mol. The highest BCUT2D eigenvalue weighted by atomic mass is 35.5. The van der Waals surface area contributed by atoms with Gasteiger partial charge in [0.25, 0.3) is 0 Å². The highest BCUT2D eigenvalue weighted by Crippen LogP contribution is 2.38. The molecule has 0 unspecified atom stereocenters. The number of carboxylic acids is 1. The topological polar surface area (TPSA) is 76.2 Å². The monoisotopic (exact) mass is 350 g/mol. The summed E-state index contributed by atoms with van der Waals surface area (Å²) >= 11 is 11.7. The molecule has 1 aromatic carbocycles. The van der Waals surface area contributed by atoms with E-state index < -0.39 is 23.4 Å². The van der Waals surface area contributed by atoms with Crippen molar-refractivity contribution in [2.75, 3.05) is 5.73 Å². The molecular weight excluding hydrogens is 344 g/mol. The van der Waals surface area contributed by atoms with E-state index in [9.17, 15) is 18.0 Å². The molecule has 9 heteroatoms. The third kappa shape index (κ3) is 2.95. The Bertz CT molecular complexity index is 746. The molecule has 0 saturated heterocycles. The molecular formula is C13H7Cl2F3N2O2. The Hall–Kier alpha value is -1.99. The number of hydrogen-bond acceptors (Lipinski definition) is 3. The standard InChI is InChI=1S/C13H7Cl2F3N2O2/c14-7-9(19)8(15)11(12(21)22)20-10(7)5-1-3-6(4-2-5)13(16,17)18/h1-4H,(H2,19,20)(H,21,22). The molecule has 0 fully saturated rings. The van der Waals surface area contributed by atoms with Crippen LogP contribution in [0.5, 0.6) is 0 Å². The second kappa shape index (κ2) is 5.66. The van der Waals surface area contributed by atoms with Crippen LogP contribution in [-0.2, 0) is 6.18 Å². The van der Waals surface area contributed by atoms with Crippen LogP contribution in [0.15, 0.2) is 24.3 Å². The zero-order valence-corrected chi connectivity index (χ0v) is 12.1. The predicted molar refractivity (Wildman–Crippen MR) is 76.1 cm³/mol. The van der Waals surface area contributed by atoms with E-state index in [2.05, 4.69) is 4.98 Å². The number of aromatic nitrogens is 1. The predicted octanol–water partition coefficient (Wildman–Crippen LogP) is 4.35. The van der Waals surface area contributed by atoms with Gasteiger partial charge in [-0.1, -0.05) is 35.3 Å². The van der Waals surface area contributed by atoms with Crippen molar-refractivity contribution in [1.29, 1.82) is 0 Å². The van der Waals surface area contributed by atoms with Crippen LogP contribution in [0.3, 0.4) is 0 Å². The molecule has 2 rings (SSSR count). The zero-order valence-electron chi connectivity index (χ0n) is 10.6. The van der Waals surface area contributed by atoms with Crippen molar-refractivity contribution >= 4 is 34.9 Å². The number of alkyl halides is 3. The van der Waals surface area contributed by atoms with Crippen molar-refractivity contribution < 1.29 is 23.1 Å². The number of nitrogens with zero attached hydrogens (tertiary/aromatic N) is 1. The van der Waals surface area contributed by atoms with Crippen LogP contribution in [-0.4, -0.2) is 16.1 Å². The number of halogens is 5. The van der Waals surface area contributed by atoms with E-state index in [1.54, 1.807) is 0 Å². The number of nitrogen functional groups attached to an aromatic ring is 1. The molecule has 4 nitrogen and oxygen atoms in total. The summed E-state index contributed by atoms with van der Waals surface area (Å²) in [5.74, 6) is -1.43. The summed E-state index contributed by atoms with van der Waals surface area (Å²) in [5.41, 5.74) is 4.15. The summed E-state index contributed by atoms with van der Waals surface area (Å²) in [6.07, 6.45) is -4.49. The normalized spacial score (nSPS) is 11.5. The highest BCUT2D eigenvalue weighted by molar-refractivity contribution is 6.41. The van der Waals surface area contributed by atoms with E-state index in [0.717, 1.165) is 24.3 Å². The summed E-state index contributed by atoms with van der Waals surface area (Å²) in [6.45, 7) is 0. The van der Waals surface area contributed by atoms with Gasteiger partial charge in [-0.05, 0) is 12.1 Å². The lowest BCUT2D eigenvalue weighted by Crippen LogP contribution is -2.07. The molecule has 0 aliphatic heterocycles. The number of anilines is 1. The minimum atomic E-state index is -4.49. The van der Waals surface area contributed by atoms with Gasteiger partial charge in [0.1, 0.15) is 0 Å². The number of benzene rings is 1. The molecule has 3 N–H and O–H groups in total. The fourth-order valence-electron chi connectivity index (χ4n) is 1.71. The molecule has 1 heterocycles. The Kier molecular flexibility index (Phi) is 4.21. The van der Waals surface area contributed by atoms with Crippen molar-refractivity contribution in [2.24, 2.45) is 0 Å². The fraction of sp³-hybridized carbons (Fsp3) is 0.0769. The van der Waals surface area contributed by atoms with Crippen molar-refractivity contribution in [2.45, 2.75) is 6.18 Å². The van der Waals surface area contributed by atoms with Crippen LogP contribution in [0, 0.1) is 0 Å². The number of nitrogens with two attached hydrogens (primary N) is 1. The average Bonchev–Trinajstić information content (AvgIpc) is 2.44.